The van der Waals surface area contributed by atoms with Crippen LogP contribution in [0, 0.1) is 6.92 Å². The highest BCUT2D eigenvalue weighted by atomic mass is 127. The van der Waals surface area contributed by atoms with Crippen molar-refractivity contribution in [3.05, 3.63) is 35.7 Å². The molecule has 1 aromatic heterocycles. The Bertz CT molecular complexity index is 439. The first-order valence-electron chi connectivity index (χ1n) is 4.25. The van der Waals surface area contributed by atoms with Gasteiger partial charge in [0.2, 0.25) is 11.8 Å². The third kappa shape index (κ3) is 1.95. The first-order valence-corrected chi connectivity index (χ1v) is 5.77. The van der Waals surface area contributed by atoms with Gasteiger partial charge in [-0.2, -0.15) is 0 Å². The lowest BCUT2D eigenvalue weighted by Crippen LogP contribution is -1.78. The molecule has 2 rings (SSSR count). The van der Waals surface area contributed by atoms with E-state index in [0.29, 0.717) is 11.8 Å². The van der Waals surface area contributed by atoms with Crippen molar-refractivity contribution in [2.75, 3.05) is 0 Å². The lowest BCUT2D eigenvalue weighted by atomic mass is 10.1. The van der Waals surface area contributed by atoms with Gasteiger partial charge in [0, 0.05) is 5.56 Å². The van der Waals surface area contributed by atoms with E-state index >= 15 is 0 Å². The topological polar surface area (TPSA) is 38.9 Å². The number of hydrogen-bond donors (Lipinski definition) is 0. The average Bonchev–Trinajstić information content (AvgIpc) is 2.66. The van der Waals surface area contributed by atoms with Gasteiger partial charge < -0.3 is 4.42 Å². The zero-order valence-corrected chi connectivity index (χ0v) is 9.85. The molecule has 0 saturated carbocycles. The minimum absolute atomic E-state index is 0.598. The molecule has 0 fully saturated rings. The molecule has 0 aliphatic carbocycles. The second-order valence-corrected chi connectivity index (χ2v) is 3.77. The van der Waals surface area contributed by atoms with Crippen LogP contribution in [0.5, 0.6) is 0 Å². The molecule has 0 saturated heterocycles. The van der Waals surface area contributed by atoms with Crippen LogP contribution >= 0.6 is 22.6 Å². The van der Waals surface area contributed by atoms with Crippen molar-refractivity contribution in [3.63, 3.8) is 0 Å². The number of nitrogens with zero attached hydrogens (tertiary/aromatic N) is 2. The van der Waals surface area contributed by atoms with Gasteiger partial charge in [0.1, 0.15) is 0 Å². The Morgan fingerprint density at radius 2 is 2.21 bits per heavy atom. The molecule has 14 heavy (non-hydrogen) atoms. The molecule has 4 heteroatoms. The van der Waals surface area contributed by atoms with Gasteiger partial charge >= 0.3 is 0 Å². The van der Waals surface area contributed by atoms with Crippen LogP contribution in [0.1, 0.15) is 11.5 Å². The van der Waals surface area contributed by atoms with E-state index < -0.39 is 0 Å². The van der Waals surface area contributed by atoms with Crippen molar-refractivity contribution in [3.8, 4) is 11.5 Å². The van der Waals surface area contributed by atoms with Crippen molar-refractivity contribution in [1.29, 1.82) is 0 Å². The summed E-state index contributed by atoms with van der Waals surface area (Å²) in [5.41, 5.74) is 2.17. The van der Waals surface area contributed by atoms with Gasteiger partial charge in [0.15, 0.2) is 0 Å². The molecule has 0 atom stereocenters. The zero-order chi connectivity index (χ0) is 9.97. The van der Waals surface area contributed by atoms with E-state index in [-0.39, 0.29) is 0 Å². The molecular weight excluding hydrogens is 291 g/mol. The van der Waals surface area contributed by atoms with Crippen molar-refractivity contribution in [1.82, 2.24) is 10.2 Å². The minimum atomic E-state index is 0.598. The van der Waals surface area contributed by atoms with Crippen molar-refractivity contribution in [2.45, 2.75) is 11.4 Å². The molecule has 72 valence electrons. The normalized spacial score (nSPS) is 10.4. The van der Waals surface area contributed by atoms with Crippen LogP contribution in [0.15, 0.2) is 28.7 Å². The van der Waals surface area contributed by atoms with Crippen molar-refractivity contribution in [2.24, 2.45) is 0 Å². The summed E-state index contributed by atoms with van der Waals surface area (Å²) < 4.78 is 6.19. The SMILES string of the molecule is Cc1cccc(-c2nnc(CI)o2)c1. The molecule has 0 N–H and O–H groups in total. The van der Waals surface area contributed by atoms with E-state index in [4.69, 9.17) is 4.42 Å². The van der Waals surface area contributed by atoms with E-state index in [1.54, 1.807) is 0 Å². The maximum absolute atomic E-state index is 5.44. The number of aryl methyl sites for hydroxylation is 1. The Morgan fingerprint density at radius 1 is 1.36 bits per heavy atom. The van der Waals surface area contributed by atoms with Crippen LogP contribution in [0.4, 0.5) is 0 Å². The van der Waals surface area contributed by atoms with E-state index in [9.17, 15) is 0 Å². The molecule has 0 unspecified atom stereocenters. The molecule has 0 amide bonds. The van der Waals surface area contributed by atoms with Crippen LogP contribution in [-0.2, 0) is 4.43 Å². The monoisotopic (exact) mass is 300 g/mol. The van der Waals surface area contributed by atoms with E-state index in [1.165, 1.54) is 5.56 Å². The van der Waals surface area contributed by atoms with Crippen LogP contribution in [0.3, 0.4) is 0 Å². The average molecular weight is 300 g/mol. The molecule has 0 bridgehead atoms. The quantitative estimate of drug-likeness (QED) is 0.632. The maximum Gasteiger partial charge on any atom is 0.247 e. The molecule has 1 heterocycles. The summed E-state index contributed by atoms with van der Waals surface area (Å²) in [6.45, 7) is 2.04. The lowest BCUT2D eigenvalue weighted by Gasteiger charge is -1.95. The summed E-state index contributed by atoms with van der Waals surface area (Å²) in [5.74, 6) is 1.27. The predicted molar refractivity (Wildman–Crippen MR) is 62.2 cm³/mol. The number of benzene rings is 1. The highest BCUT2D eigenvalue weighted by molar-refractivity contribution is 14.1. The lowest BCUT2D eigenvalue weighted by molar-refractivity contribution is 0.531. The van der Waals surface area contributed by atoms with Gasteiger partial charge in [-0.15, -0.1) is 10.2 Å². The van der Waals surface area contributed by atoms with Crippen molar-refractivity contribution < 1.29 is 4.42 Å². The Labute approximate surface area is 95.7 Å². The fourth-order valence-electron chi connectivity index (χ4n) is 1.20. The molecule has 0 radical (unpaired) electrons. The first-order chi connectivity index (χ1) is 6.79. The van der Waals surface area contributed by atoms with Crippen LogP contribution in [0.2, 0.25) is 0 Å². The number of alkyl halides is 1. The maximum atomic E-state index is 5.44. The highest BCUT2D eigenvalue weighted by Crippen LogP contribution is 2.19. The van der Waals surface area contributed by atoms with Gasteiger partial charge in [0.25, 0.3) is 0 Å². The Hall–Kier alpha value is -0.910. The predicted octanol–water partition coefficient (Wildman–Crippen LogP) is 2.98. The summed E-state index contributed by atoms with van der Waals surface area (Å²) in [6.07, 6.45) is 0. The number of aromatic nitrogens is 2. The minimum Gasteiger partial charge on any atom is -0.420 e. The molecule has 3 nitrogen and oxygen atoms in total. The van der Waals surface area contributed by atoms with Gasteiger partial charge in [-0.05, 0) is 19.1 Å². The van der Waals surface area contributed by atoms with Gasteiger partial charge in [-0.3, -0.25) is 0 Å². The van der Waals surface area contributed by atoms with Crippen molar-refractivity contribution >= 4 is 22.6 Å². The molecule has 0 aliphatic heterocycles. The van der Waals surface area contributed by atoms with Crippen LogP contribution in [0.25, 0.3) is 11.5 Å². The number of rotatable bonds is 2. The second-order valence-electron chi connectivity index (χ2n) is 3.00. The fraction of sp³-hybridized carbons (Fsp3) is 0.200. The third-order valence-electron chi connectivity index (χ3n) is 1.85. The van der Waals surface area contributed by atoms with E-state index in [2.05, 4.69) is 32.8 Å². The molecule has 1 aromatic carbocycles. The van der Waals surface area contributed by atoms with Crippen LogP contribution in [-0.4, -0.2) is 10.2 Å². The smallest absolute Gasteiger partial charge is 0.247 e. The Kier molecular flexibility index (Phi) is 2.81. The summed E-state index contributed by atoms with van der Waals surface area (Å²) in [5, 5.41) is 7.89. The molecule has 0 spiro atoms. The second kappa shape index (κ2) is 4.08. The summed E-state index contributed by atoms with van der Waals surface area (Å²) in [7, 11) is 0. The highest BCUT2D eigenvalue weighted by Gasteiger charge is 2.06. The Balaban J connectivity index is 2.39. The molecular formula is C10H9IN2O. The van der Waals surface area contributed by atoms with E-state index in [0.717, 1.165) is 9.99 Å². The summed E-state index contributed by atoms with van der Waals surface area (Å²) in [4.78, 5) is 0. The summed E-state index contributed by atoms with van der Waals surface area (Å²) in [6, 6.07) is 8.03. The standard InChI is InChI=1S/C10H9IN2O/c1-7-3-2-4-8(5-7)10-13-12-9(6-11)14-10/h2-5H,6H2,1H3. The summed E-state index contributed by atoms with van der Waals surface area (Å²) >= 11 is 2.20. The van der Waals surface area contributed by atoms with Crippen LogP contribution < -0.4 is 0 Å². The molecule has 2 aromatic rings. The first kappa shape index (κ1) is 9.64. The van der Waals surface area contributed by atoms with Gasteiger partial charge in [-0.25, -0.2) is 0 Å². The molecule has 0 aliphatic rings. The third-order valence-corrected chi connectivity index (χ3v) is 2.50. The zero-order valence-electron chi connectivity index (χ0n) is 7.70. The number of hydrogen-bond acceptors (Lipinski definition) is 3. The fourth-order valence-corrected chi connectivity index (χ4v) is 1.51. The van der Waals surface area contributed by atoms with Gasteiger partial charge in [-0.1, -0.05) is 40.3 Å². The Morgan fingerprint density at radius 3 is 2.86 bits per heavy atom. The van der Waals surface area contributed by atoms with Gasteiger partial charge in [0.05, 0.1) is 4.43 Å². The number of halogens is 1. The largest absolute Gasteiger partial charge is 0.420 e. The van der Waals surface area contributed by atoms with E-state index in [1.807, 2.05) is 31.2 Å².